The van der Waals surface area contributed by atoms with E-state index >= 15 is 0 Å². The number of aryl methyl sites for hydroxylation is 1. The Morgan fingerprint density at radius 2 is 2.08 bits per heavy atom. The molecule has 1 aromatic carbocycles. The molecule has 0 radical (unpaired) electrons. The summed E-state index contributed by atoms with van der Waals surface area (Å²) in [5, 5.41) is 2.65. The quantitative estimate of drug-likeness (QED) is 0.696. The zero-order valence-electron chi connectivity index (χ0n) is 13.1. The molecule has 2 rings (SSSR count). The van der Waals surface area contributed by atoms with Crippen molar-refractivity contribution >= 4 is 21.8 Å². The second kappa shape index (κ2) is 9.19. The molecule has 0 saturated heterocycles. The average Bonchev–Trinajstić information content (AvgIpc) is 2.61. The molecular weight excluding hydrogens is 376 g/mol. The molecule has 24 heavy (non-hydrogen) atoms. The molecule has 0 fully saturated rings. The van der Waals surface area contributed by atoms with Crippen LogP contribution in [0.3, 0.4) is 0 Å². The number of nitrogens with one attached hydrogen (secondary N) is 1. The fraction of sp³-hybridized carbons (Fsp3) is 0.312. The maximum atomic E-state index is 12.3. The van der Waals surface area contributed by atoms with Gasteiger partial charge in [-0.1, -0.05) is 30.3 Å². The molecule has 1 aromatic heterocycles. The summed E-state index contributed by atoms with van der Waals surface area (Å²) in [6.07, 6.45) is 1.56. The van der Waals surface area contributed by atoms with Crippen LogP contribution in [0.2, 0.25) is 0 Å². The number of carbonyl (C=O) groups is 1. The first-order valence-corrected chi connectivity index (χ1v) is 8.29. The maximum absolute atomic E-state index is 12.3. The van der Waals surface area contributed by atoms with Crippen LogP contribution in [0.1, 0.15) is 12.0 Å². The summed E-state index contributed by atoms with van der Waals surface area (Å²) < 4.78 is 7.17. The smallest absolute Gasteiger partial charge is 0.271 e. The molecule has 2 aromatic rings. The molecule has 128 valence electrons. The van der Waals surface area contributed by atoms with Gasteiger partial charge in [0.1, 0.15) is 17.4 Å². The van der Waals surface area contributed by atoms with Gasteiger partial charge in [-0.05, 0) is 21.5 Å². The number of hydrogen-bond acceptors (Lipinski definition) is 5. The van der Waals surface area contributed by atoms with Gasteiger partial charge in [0, 0.05) is 26.1 Å². The van der Waals surface area contributed by atoms with E-state index in [1.54, 1.807) is 0 Å². The van der Waals surface area contributed by atoms with Crippen molar-refractivity contribution in [3.05, 3.63) is 57.0 Å². The van der Waals surface area contributed by atoms with Crippen molar-refractivity contribution in [2.24, 2.45) is 5.73 Å². The van der Waals surface area contributed by atoms with Gasteiger partial charge in [-0.3, -0.25) is 14.2 Å². The van der Waals surface area contributed by atoms with Crippen molar-refractivity contribution in [3.63, 3.8) is 0 Å². The van der Waals surface area contributed by atoms with Crippen LogP contribution in [0.25, 0.3) is 0 Å². The molecule has 0 aliphatic heterocycles. The molecule has 0 saturated carbocycles. The molecule has 0 atom stereocenters. The van der Waals surface area contributed by atoms with E-state index in [0.717, 1.165) is 5.56 Å². The van der Waals surface area contributed by atoms with Gasteiger partial charge in [0.05, 0.1) is 0 Å². The second-order valence-electron chi connectivity index (χ2n) is 5.03. The van der Waals surface area contributed by atoms with Gasteiger partial charge in [0.25, 0.3) is 5.56 Å². The normalized spacial score (nSPS) is 10.4. The summed E-state index contributed by atoms with van der Waals surface area (Å²) in [5.41, 5.74) is 6.00. The van der Waals surface area contributed by atoms with Crippen molar-refractivity contribution in [1.29, 1.82) is 0 Å². The number of ether oxygens (including phenoxy) is 1. The van der Waals surface area contributed by atoms with Crippen LogP contribution in [0, 0.1) is 0 Å². The minimum atomic E-state index is -0.292. The van der Waals surface area contributed by atoms with E-state index < -0.39 is 0 Å². The zero-order valence-corrected chi connectivity index (χ0v) is 14.7. The van der Waals surface area contributed by atoms with E-state index in [9.17, 15) is 9.59 Å². The fourth-order valence-electron chi connectivity index (χ4n) is 1.96. The highest BCUT2D eigenvalue weighted by Gasteiger charge is 2.11. The molecule has 0 aliphatic carbocycles. The minimum absolute atomic E-state index is 0.159. The Labute approximate surface area is 148 Å². The lowest BCUT2D eigenvalue weighted by Gasteiger charge is -2.10. The molecule has 1 amide bonds. The first kappa shape index (κ1) is 18.2. The summed E-state index contributed by atoms with van der Waals surface area (Å²) in [7, 11) is 0. The summed E-state index contributed by atoms with van der Waals surface area (Å²) in [5.74, 6) is 0.0700. The lowest BCUT2D eigenvalue weighted by molar-refractivity contribution is -0.121. The largest absolute Gasteiger partial charge is 0.472 e. The summed E-state index contributed by atoms with van der Waals surface area (Å²) >= 11 is 3.22. The first-order valence-electron chi connectivity index (χ1n) is 7.50. The number of aromatic nitrogens is 2. The average molecular weight is 395 g/mol. The number of nitrogens with zero attached hydrogens (tertiary/aromatic N) is 2. The lowest BCUT2D eigenvalue weighted by Crippen LogP contribution is -2.31. The summed E-state index contributed by atoms with van der Waals surface area (Å²) in [6, 6.07) is 9.59. The number of amides is 1. The number of carbonyl (C=O) groups excluding carboxylic acids is 1. The number of hydrogen-bond donors (Lipinski definition) is 2. The highest BCUT2D eigenvalue weighted by Crippen LogP contribution is 2.18. The van der Waals surface area contributed by atoms with E-state index in [-0.39, 0.29) is 34.8 Å². The Bertz CT molecular complexity index is 734. The third kappa shape index (κ3) is 5.17. The van der Waals surface area contributed by atoms with Gasteiger partial charge in [0.15, 0.2) is 0 Å². The van der Waals surface area contributed by atoms with Gasteiger partial charge in [0.2, 0.25) is 11.8 Å². The fourth-order valence-corrected chi connectivity index (χ4v) is 2.40. The third-order valence-electron chi connectivity index (χ3n) is 3.22. The predicted octanol–water partition coefficient (Wildman–Crippen LogP) is 1.05. The van der Waals surface area contributed by atoms with Crippen LogP contribution in [0.4, 0.5) is 0 Å². The predicted molar refractivity (Wildman–Crippen MR) is 93.7 cm³/mol. The monoisotopic (exact) mass is 394 g/mol. The van der Waals surface area contributed by atoms with E-state index in [2.05, 4.69) is 26.2 Å². The molecule has 0 aliphatic rings. The molecule has 0 spiro atoms. The van der Waals surface area contributed by atoms with Crippen LogP contribution in [0.15, 0.2) is 45.9 Å². The maximum Gasteiger partial charge on any atom is 0.271 e. The van der Waals surface area contributed by atoms with Crippen molar-refractivity contribution < 1.29 is 9.53 Å². The number of halogens is 1. The van der Waals surface area contributed by atoms with Crippen molar-refractivity contribution in [2.45, 2.75) is 19.6 Å². The number of benzene rings is 1. The van der Waals surface area contributed by atoms with E-state index in [4.69, 9.17) is 10.5 Å². The topological polar surface area (TPSA) is 99.2 Å². The highest BCUT2D eigenvalue weighted by atomic mass is 79.9. The van der Waals surface area contributed by atoms with Gasteiger partial charge in [-0.25, -0.2) is 4.98 Å². The number of nitrogens with two attached hydrogens (primary N) is 1. The van der Waals surface area contributed by atoms with Gasteiger partial charge in [-0.15, -0.1) is 0 Å². The van der Waals surface area contributed by atoms with Gasteiger partial charge in [-0.2, -0.15) is 0 Å². The Kier molecular flexibility index (Phi) is 6.95. The Hall–Kier alpha value is -2.19. The molecule has 1 heterocycles. The van der Waals surface area contributed by atoms with Crippen LogP contribution in [-0.2, 0) is 17.9 Å². The van der Waals surface area contributed by atoms with Crippen LogP contribution >= 0.6 is 15.9 Å². The minimum Gasteiger partial charge on any atom is -0.472 e. The highest BCUT2D eigenvalue weighted by molar-refractivity contribution is 9.10. The second-order valence-corrected chi connectivity index (χ2v) is 5.82. The van der Waals surface area contributed by atoms with E-state index in [1.807, 2.05) is 30.3 Å². The molecule has 3 N–H and O–H groups in total. The molecular formula is C16H19BrN4O3. The number of rotatable bonds is 8. The van der Waals surface area contributed by atoms with Gasteiger partial charge < -0.3 is 15.8 Å². The van der Waals surface area contributed by atoms with Crippen LogP contribution in [-0.4, -0.2) is 28.5 Å². The Morgan fingerprint density at radius 1 is 1.33 bits per heavy atom. The molecule has 7 nitrogen and oxygen atoms in total. The Balaban J connectivity index is 1.97. The van der Waals surface area contributed by atoms with Crippen molar-refractivity contribution in [2.75, 3.05) is 13.1 Å². The van der Waals surface area contributed by atoms with E-state index in [0.29, 0.717) is 19.7 Å². The van der Waals surface area contributed by atoms with E-state index in [1.165, 1.54) is 10.9 Å². The third-order valence-corrected chi connectivity index (χ3v) is 3.89. The van der Waals surface area contributed by atoms with Gasteiger partial charge >= 0.3 is 0 Å². The first-order chi connectivity index (χ1) is 11.6. The molecule has 0 bridgehead atoms. The Morgan fingerprint density at radius 3 is 2.79 bits per heavy atom. The summed E-state index contributed by atoms with van der Waals surface area (Å²) in [4.78, 5) is 28.0. The molecule has 0 unspecified atom stereocenters. The zero-order chi connectivity index (χ0) is 17.4. The van der Waals surface area contributed by atoms with Crippen LogP contribution in [0.5, 0.6) is 5.88 Å². The lowest BCUT2D eigenvalue weighted by atomic mass is 10.2. The van der Waals surface area contributed by atoms with Crippen molar-refractivity contribution in [3.8, 4) is 5.88 Å². The van der Waals surface area contributed by atoms with Crippen molar-refractivity contribution in [1.82, 2.24) is 14.9 Å². The van der Waals surface area contributed by atoms with Crippen LogP contribution < -0.4 is 21.3 Å². The standard InChI is InChI=1S/C16H19BrN4O3/c17-14-15(24-10-12-4-2-1-3-5-12)20-11-21(16(14)23)9-6-13(22)19-8-7-18/h1-5,11H,6-10,18H2,(H,19,22). The molecule has 8 heteroatoms. The SMILES string of the molecule is NCCNC(=O)CCn1cnc(OCc2ccccc2)c(Br)c1=O. The summed E-state index contributed by atoms with van der Waals surface area (Å²) in [6.45, 7) is 1.35.